The molecule has 2 rings (SSSR count). The van der Waals surface area contributed by atoms with Gasteiger partial charge < -0.3 is 15.6 Å². The zero-order valence-electron chi connectivity index (χ0n) is 10.9. The molecule has 0 aliphatic carbocycles. The largest absolute Gasteiger partial charge is 0.487 e. The van der Waals surface area contributed by atoms with E-state index in [0.29, 0.717) is 28.0 Å². The lowest BCUT2D eigenvalue weighted by molar-refractivity contribution is -0.138. The molecule has 2 aromatic carbocycles. The molecule has 0 radical (unpaired) electrons. The van der Waals surface area contributed by atoms with Gasteiger partial charge in [-0.1, -0.05) is 41.4 Å². The highest BCUT2D eigenvalue weighted by atomic mass is 35.5. The summed E-state index contributed by atoms with van der Waals surface area (Å²) in [6.45, 7) is 0.335. The number of hydrogen-bond acceptors (Lipinski definition) is 3. The third-order valence-corrected chi connectivity index (χ3v) is 3.44. The predicted octanol–water partition coefficient (Wildman–Crippen LogP) is 3.66. The standard InChI is InChI=1S/C15H13Cl2NO3/c16-11-4-1-9(2-5-11)8-21-13-6-3-10(7-12(13)17)14(18)15(19)20/h1-7,14H,8,18H2,(H,19,20)/t14-/m0/s1. The second kappa shape index (κ2) is 6.80. The van der Waals surface area contributed by atoms with Gasteiger partial charge in [0, 0.05) is 5.02 Å². The van der Waals surface area contributed by atoms with E-state index in [0.717, 1.165) is 5.56 Å². The Balaban J connectivity index is 2.07. The third-order valence-electron chi connectivity index (χ3n) is 2.89. The van der Waals surface area contributed by atoms with Crippen molar-refractivity contribution >= 4 is 29.2 Å². The normalized spacial score (nSPS) is 12.0. The van der Waals surface area contributed by atoms with Gasteiger partial charge in [0.25, 0.3) is 0 Å². The molecule has 0 bridgehead atoms. The molecule has 3 N–H and O–H groups in total. The Morgan fingerprint density at radius 1 is 1.19 bits per heavy atom. The van der Waals surface area contributed by atoms with Crippen LogP contribution in [0.15, 0.2) is 42.5 Å². The maximum Gasteiger partial charge on any atom is 0.325 e. The lowest BCUT2D eigenvalue weighted by Gasteiger charge is -2.11. The van der Waals surface area contributed by atoms with E-state index in [-0.39, 0.29) is 0 Å². The summed E-state index contributed by atoms with van der Waals surface area (Å²) in [6, 6.07) is 10.8. The summed E-state index contributed by atoms with van der Waals surface area (Å²) in [6.07, 6.45) is 0. The van der Waals surface area contributed by atoms with Crippen LogP contribution in [0.4, 0.5) is 0 Å². The minimum absolute atomic E-state index is 0.318. The predicted molar refractivity (Wildman–Crippen MR) is 81.8 cm³/mol. The monoisotopic (exact) mass is 325 g/mol. The Bertz CT molecular complexity index is 644. The molecule has 1 atom stereocenters. The van der Waals surface area contributed by atoms with Gasteiger partial charge in [0.2, 0.25) is 0 Å². The van der Waals surface area contributed by atoms with Gasteiger partial charge in [-0.05, 0) is 35.4 Å². The fourth-order valence-corrected chi connectivity index (χ4v) is 2.08. The molecule has 21 heavy (non-hydrogen) atoms. The molecule has 4 nitrogen and oxygen atoms in total. The number of halogens is 2. The first kappa shape index (κ1) is 15.6. The molecule has 0 unspecified atom stereocenters. The highest BCUT2D eigenvalue weighted by Gasteiger charge is 2.15. The van der Waals surface area contributed by atoms with Crippen LogP contribution in [0, 0.1) is 0 Å². The summed E-state index contributed by atoms with van der Waals surface area (Å²) in [5.41, 5.74) is 6.89. The number of carbonyl (C=O) groups is 1. The SMILES string of the molecule is N[C@H](C(=O)O)c1ccc(OCc2ccc(Cl)cc2)c(Cl)c1. The number of rotatable bonds is 5. The molecule has 0 heterocycles. The van der Waals surface area contributed by atoms with Crippen molar-refractivity contribution in [3.05, 3.63) is 63.6 Å². The molecule has 0 saturated carbocycles. The van der Waals surface area contributed by atoms with Gasteiger partial charge in [-0.15, -0.1) is 0 Å². The first-order chi connectivity index (χ1) is 9.97. The molecule has 6 heteroatoms. The zero-order chi connectivity index (χ0) is 15.4. The molecule has 0 aliphatic rings. The average Bonchev–Trinajstić information content (AvgIpc) is 2.46. The first-order valence-corrected chi connectivity index (χ1v) is 6.88. The van der Waals surface area contributed by atoms with Crippen molar-refractivity contribution in [1.29, 1.82) is 0 Å². The van der Waals surface area contributed by atoms with Gasteiger partial charge in [-0.25, -0.2) is 0 Å². The lowest BCUT2D eigenvalue weighted by atomic mass is 10.1. The summed E-state index contributed by atoms with van der Waals surface area (Å²) in [4.78, 5) is 10.8. The fourth-order valence-electron chi connectivity index (χ4n) is 1.71. The molecule has 110 valence electrons. The van der Waals surface area contributed by atoms with Crippen LogP contribution in [-0.2, 0) is 11.4 Å². The smallest absolute Gasteiger partial charge is 0.325 e. The van der Waals surface area contributed by atoms with Gasteiger partial charge in [0.15, 0.2) is 0 Å². The number of carboxylic acids is 1. The molecule has 0 fully saturated rings. The van der Waals surface area contributed by atoms with E-state index in [4.69, 9.17) is 38.8 Å². The van der Waals surface area contributed by atoms with Crippen LogP contribution in [-0.4, -0.2) is 11.1 Å². The van der Waals surface area contributed by atoms with E-state index < -0.39 is 12.0 Å². The average molecular weight is 326 g/mol. The van der Waals surface area contributed by atoms with E-state index in [1.807, 2.05) is 12.1 Å². The Kier molecular flexibility index (Phi) is 5.07. The van der Waals surface area contributed by atoms with E-state index in [9.17, 15) is 4.79 Å². The molecule has 2 aromatic rings. The molecule has 0 spiro atoms. The second-order valence-electron chi connectivity index (χ2n) is 4.42. The van der Waals surface area contributed by atoms with Gasteiger partial charge in [0.05, 0.1) is 5.02 Å². The van der Waals surface area contributed by atoms with E-state index >= 15 is 0 Å². The summed E-state index contributed by atoms with van der Waals surface area (Å²) in [7, 11) is 0. The van der Waals surface area contributed by atoms with Crippen LogP contribution >= 0.6 is 23.2 Å². The highest BCUT2D eigenvalue weighted by Crippen LogP contribution is 2.28. The minimum Gasteiger partial charge on any atom is -0.487 e. The molecular formula is C15H13Cl2NO3. The van der Waals surface area contributed by atoms with Gasteiger partial charge >= 0.3 is 5.97 Å². The number of hydrogen-bond donors (Lipinski definition) is 2. The summed E-state index contributed by atoms with van der Waals surface area (Å²) >= 11 is 11.9. The van der Waals surface area contributed by atoms with Crippen LogP contribution in [0.2, 0.25) is 10.0 Å². The van der Waals surface area contributed by atoms with Gasteiger partial charge in [-0.2, -0.15) is 0 Å². The van der Waals surface area contributed by atoms with Crippen molar-refractivity contribution in [3.8, 4) is 5.75 Å². The van der Waals surface area contributed by atoms with Crippen LogP contribution in [0.25, 0.3) is 0 Å². The minimum atomic E-state index is -1.11. The summed E-state index contributed by atoms with van der Waals surface area (Å²) in [5, 5.41) is 9.83. The van der Waals surface area contributed by atoms with E-state index in [1.165, 1.54) is 6.07 Å². The van der Waals surface area contributed by atoms with Crippen LogP contribution < -0.4 is 10.5 Å². The Hall–Kier alpha value is -1.75. The van der Waals surface area contributed by atoms with E-state index in [1.54, 1.807) is 24.3 Å². The maximum absolute atomic E-state index is 10.8. The van der Waals surface area contributed by atoms with Gasteiger partial charge in [0.1, 0.15) is 18.4 Å². The van der Waals surface area contributed by atoms with E-state index in [2.05, 4.69) is 0 Å². The third kappa shape index (κ3) is 4.11. The molecular weight excluding hydrogens is 313 g/mol. The number of aliphatic carboxylic acids is 1. The quantitative estimate of drug-likeness (QED) is 0.879. The number of carboxylic acid groups (broad SMARTS) is 1. The number of nitrogens with two attached hydrogens (primary N) is 1. The van der Waals surface area contributed by atoms with Crippen molar-refractivity contribution in [1.82, 2.24) is 0 Å². The molecule has 0 aliphatic heterocycles. The highest BCUT2D eigenvalue weighted by molar-refractivity contribution is 6.32. The molecule has 0 saturated heterocycles. The van der Waals surface area contributed by atoms with Crippen LogP contribution in [0.5, 0.6) is 5.75 Å². The Labute approximate surface area is 132 Å². The topological polar surface area (TPSA) is 72.6 Å². The summed E-state index contributed by atoms with van der Waals surface area (Å²) < 4.78 is 5.59. The molecule has 0 amide bonds. The number of benzene rings is 2. The van der Waals surface area contributed by atoms with Crippen molar-refractivity contribution in [3.63, 3.8) is 0 Å². The summed E-state index contributed by atoms with van der Waals surface area (Å²) in [5.74, 6) is -0.645. The maximum atomic E-state index is 10.8. The fraction of sp³-hybridized carbons (Fsp3) is 0.133. The Morgan fingerprint density at radius 2 is 1.86 bits per heavy atom. The van der Waals surface area contributed by atoms with Crippen LogP contribution in [0.3, 0.4) is 0 Å². The van der Waals surface area contributed by atoms with Crippen molar-refractivity contribution in [2.75, 3.05) is 0 Å². The van der Waals surface area contributed by atoms with Gasteiger partial charge in [-0.3, -0.25) is 4.79 Å². The number of ether oxygens (including phenoxy) is 1. The van der Waals surface area contributed by atoms with Crippen molar-refractivity contribution in [2.24, 2.45) is 5.73 Å². The first-order valence-electron chi connectivity index (χ1n) is 6.12. The van der Waals surface area contributed by atoms with Crippen molar-refractivity contribution < 1.29 is 14.6 Å². The van der Waals surface area contributed by atoms with Crippen LogP contribution in [0.1, 0.15) is 17.2 Å². The van der Waals surface area contributed by atoms with Crippen molar-refractivity contribution in [2.45, 2.75) is 12.6 Å². The Morgan fingerprint density at radius 3 is 2.43 bits per heavy atom. The second-order valence-corrected chi connectivity index (χ2v) is 5.26. The molecule has 0 aromatic heterocycles. The lowest BCUT2D eigenvalue weighted by Crippen LogP contribution is -2.20. The zero-order valence-corrected chi connectivity index (χ0v) is 12.4.